The molecule has 23 heavy (non-hydrogen) atoms. The lowest BCUT2D eigenvalue weighted by Crippen LogP contribution is -1.95. The third-order valence-electron chi connectivity index (χ3n) is 3.78. The van der Waals surface area contributed by atoms with Crippen LogP contribution in [0.15, 0.2) is 85.2 Å². The lowest BCUT2D eigenvalue weighted by molar-refractivity contribution is 1.22. The van der Waals surface area contributed by atoms with Crippen LogP contribution in [0.1, 0.15) is 0 Å². The third-order valence-corrected chi connectivity index (χ3v) is 3.78. The van der Waals surface area contributed by atoms with Gasteiger partial charge in [0, 0.05) is 11.1 Å². The zero-order valence-corrected chi connectivity index (χ0v) is 12.5. The molecule has 3 heteroatoms. The van der Waals surface area contributed by atoms with E-state index in [0.29, 0.717) is 0 Å². The molecule has 4 aromatic rings. The van der Waals surface area contributed by atoms with Gasteiger partial charge in [0.1, 0.15) is 12.1 Å². The van der Waals surface area contributed by atoms with Crippen molar-refractivity contribution in [3.63, 3.8) is 0 Å². The molecule has 3 nitrogen and oxygen atoms in total. The molecule has 1 aromatic heterocycles. The van der Waals surface area contributed by atoms with Crippen LogP contribution in [0.3, 0.4) is 0 Å². The second-order valence-electron chi connectivity index (χ2n) is 5.31. The molecule has 0 atom stereocenters. The Balaban J connectivity index is 1.77. The van der Waals surface area contributed by atoms with E-state index in [-0.39, 0.29) is 0 Å². The SMILES string of the molecule is c1ccc(Nc2ncnc3cc(-c4ccccc4)ccc23)cc1. The van der Waals surface area contributed by atoms with Gasteiger partial charge >= 0.3 is 0 Å². The molecule has 0 unspecified atom stereocenters. The minimum atomic E-state index is 0.820. The summed E-state index contributed by atoms with van der Waals surface area (Å²) in [5.41, 5.74) is 4.28. The predicted octanol–water partition coefficient (Wildman–Crippen LogP) is 5.04. The van der Waals surface area contributed by atoms with E-state index in [1.807, 2.05) is 48.5 Å². The van der Waals surface area contributed by atoms with Crippen LogP contribution in [0, 0.1) is 0 Å². The fraction of sp³-hybridized carbons (Fsp3) is 0. The zero-order chi connectivity index (χ0) is 15.5. The highest BCUT2D eigenvalue weighted by Gasteiger charge is 2.06. The van der Waals surface area contributed by atoms with Crippen molar-refractivity contribution in [1.82, 2.24) is 9.97 Å². The summed E-state index contributed by atoms with van der Waals surface area (Å²) in [6.45, 7) is 0. The lowest BCUT2D eigenvalue weighted by atomic mass is 10.0. The summed E-state index contributed by atoms with van der Waals surface area (Å²) in [5, 5.41) is 4.37. The van der Waals surface area contributed by atoms with Gasteiger partial charge < -0.3 is 5.32 Å². The summed E-state index contributed by atoms with van der Waals surface area (Å²) in [7, 11) is 0. The summed E-state index contributed by atoms with van der Waals surface area (Å²) >= 11 is 0. The van der Waals surface area contributed by atoms with Crippen molar-refractivity contribution in [2.24, 2.45) is 0 Å². The number of hydrogen-bond donors (Lipinski definition) is 1. The fourth-order valence-corrected chi connectivity index (χ4v) is 2.63. The molecule has 4 rings (SSSR count). The number of nitrogens with zero attached hydrogens (tertiary/aromatic N) is 2. The average molecular weight is 297 g/mol. The van der Waals surface area contributed by atoms with Crippen LogP contribution in [0.5, 0.6) is 0 Å². The Morgan fingerprint density at radius 2 is 1.39 bits per heavy atom. The normalized spacial score (nSPS) is 10.6. The maximum atomic E-state index is 4.42. The van der Waals surface area contributed by atoms with Crippen LogP contribution in [0.2, 0.25) is 0 Å². The molecule has 1 N–H and O–H groups in total. The van der Waals surface area contributed by atoms with E-state index < -0.39 is 0 Å². The van der Waals surface area contributed by atoms with Gasteiger partial charge in [-0.15, -0.1) is 0 Å². The van der Waals surface area contributed by atoms with Crippen LogP contribution in [0.4, 0.5) is 11.5 Å². The first-order valence-corrected chi connectivity index (χ1v) is 7.52. The molecule has 0 aliphatic carbocycles. The number of anilines is 2. The largest absolute Gasteiger partial charge is 0.340 e. The number of nitrogens with one attached hydrogen (secondary N) is 1. The van der Waals surface area contributed by atoms with Gasteiger partial charge in [-0.05, 0) is 35.4 Å². The molecular weight excluding hydrogens is 282 g/mol. The molecule has 0 spiro atoms. The predicted molar refractivity (Wildman–Crippen MR) is 94.7 cm³/mol. The van der Waals surface area contributed by atoms with E-state index in [0.717, 1.165) is 28.0 Å². The minimum Gasteiger partial charge on any atom is -0.340 e. The number of para-hydroxylation sites is 1. The van der Waals surface area contributed by atoms with Crippen LogP contribution < -0.4 is 5.32 Å². The molecule has 0 saturated carbocycles. The Morgan fingerprint density at radius 1 is 0.652 bits per heavy atom. The minimum absolute atomic E-state index is 0.820. The second-order valence-corrected chi connectivity index (χ2v) is 5.31. The summed E-state index contributed by atoms with van der Waals surface area (Å²) in [6, 6.07) is 26.6. The first-order chi connectivity index (χ1) is 11.4. The Kier molecular flexibility index (Phi) is 3.45. The Hall–Kier alpha value is -3.20. The molecule has 0 fully saturated rings. The van der Waals surface area contributed by atoms with Crippen molar-refractivity contribution in [3.8, 4) is 11.1 Å². The van der Waals surface area contributed by atoms with Gasteiger partial charge in [0.05, 0.1) is 5.52 Å². The van der Waals surface area contributed by atoms with Crippen molar-refractivity contribution in [1.29, 1.82) is 0 Å². The molecular formula is C20H15N3. The number of benzene rings is 3. The summed E-state index contributed by atoms with van der Waals surface area (Å²) in [4.78, 5) is 8.80. The molecule has 0 bridgehead atoms. The van der Waals surface area contributed by atoms with E-state index in [9.17, 15) is 0 Å². The van der Waals surface area contributed by atoms with Gasteiger partial charge in [-0.3, -0.25) is 0 Å². The molecule has 3 aromatic carbocycles. The topological polar surface area (TPSA) is 37.8 Å². The van der Waals surface area contributed by atoms with Crippen molar-refractivity contribution in [2.45, 2.75) is 0 Å². The monoisotopic (exact) mass is 297 g/mol. The molecule has 110 valence electrons. The van der Waals surface area contributed by atoms with Crippen molar-refractivity contribution < 1.29 is 0 Å². The smallest absolute Gasteiger partial charge is 0.141 e. The number of aromatic nitrogens is 2. The first kappa shape index (κ1) is 13.5. The van der Waals surface area contributed by atoms with Gasteiger partial charge in [-0.2, -0.15) is 0 Å². The quantitative estimate of drug-likeness (QED) is 0.575. The van der Waals surface area contributed by atoms with E-state index in [1.54, 1.807) is 6.33 Å². The van der Waals surface area contributed by atoms with Crippen molar-refractivity contribution in [3.05, 3.63) is 85.2 Å². The van der Waals surface area contributed by atoms with E-state index >= 15 is 0 Å². The molecule has 1 heterocycles. The molecule has 0 aliphatic rings. The Bertz CT molecular complexity index is 935. The third kappa shape index (κ3) is 2.77. The van der Waals surface area contributed by atoms with Gasteiger partial charge in [0.2, 0.25) is 0 Å². The highest BCUT2D eigenvalue weighted by Crippen LogP contribution is 2.27. The van der Waals surface area contributed by atoms with E-state index in [1.165, 1.54) is 5.56 Å². The lowest BCUT2D eigenvalue weighted by Gasteiger charge is -2.09. The van der Waals surface area contributed by atoms with Crippen LogP contribution in [-0.2, 0) is 0 Å². The maximum Gasteiger partial charge on any atom is 0.141 e. The Labute approximate surface area is 134 Å². The van der Waals surface area contributed by atoms with E-state index in [4.69, 9.17) is 0 Å². The number of rotatable bonds is 3. The highest BCUT2D eigenvalue weighted by molar-refractivity contribution is 5.93. The first-order valence-electron chi connectivity index (χ1n) is 7.52. The van der Waals surface area contributed by atoms with Crippen LogP contribution in [-0.4, -0.2) is 9.97 Å². The Morgan fingerprint density at radius 3 is 2.17 bits per heavy atom. The highest BCUT2D eigenvalue weighted by atomic mass is 15.0. The second kappa shape index (κ2) is 5.89. The summed E-state index contributed by atoms with van der Waals surface area (Å²) in [6.07, 6.45) is 1.60. The van der Waals surface area contributed by atoms with Gasteiger partial charge in [-0.25, -0.2) is 9.97 Å². The van der Waals surface area contributed by atoms with Crippen molar-refractivity contribution >= 4 is 22.4 Å². The van der Waals surface area contributed by atoms with Crippen LogP contribution >= 0.6 is 0 Å². The molecule has 0 radical (unpaired) electrons. The molecule has 0 saturated heterocycles. The van der Waals surface area contributed by atoms with Gasteiger partial charge in [-0.1, -0.05) is 54.6 Å². The van der Waals surface area contributed by atoms with Gasteiger partial charge in [0.25, 0.3) is 0 Å². The maximum absolute atomic E-state index is 4.42. The summed E-state index contributed by atoms with van der Waals surface area (Å²) in [5.74, 6) is 0.820. The summed E-state index contributed by atoms with van der Waals surface area (Å²) < 4.78 is 0. The van der Waals surface area contributed by atoms with E-state index in [2.05, 4.69) is 45.6 Å². The zero-order valence-electron chi connectivity index (χ0n) is 12.5. The number of hydrogen-bond acceptors (Lipinski definition) is 3. The van der Waals surface area contributed by atoms with Crippen molar-refractivity contribution in [2.75, 3.05) is 5.32 Å². The average Bonchev–Trinajstić information content (AvgIpc) is 2.63. The molecule has 0 aliphatic heterocycles. The number of fused-ring (bicyclic) bond motifs is 1. The fourth-order valence-electron chi connectivity index (χ4n) is 2.63. The van der Waals surface area contributed by atoms with Gasteiger partial charge in [0.15, 0.2) is 0 Å². The van der Waals surface area contributed by atoms with Crippen LogP contribution in [0.25, 0.3) is 22.0 Å². The standard InChI is InChI=1S/C20H15N3/c1-3-7-15(8-4-1)16-11-12-18-19(13-16)21-14-22-20(18)23-17-9-5-2-6-10-17/h1-14H,(H,21,22,23). The molecule has 0 amide bonds.